The molecule has 29 heavy (non-hydrogen) atoms. The zero-order valence-corrected chi connectivity index (χ0v) is 17.1. The largest absolute Gasteiger partial charge is 0.396 e. The van der Waals surface area contributed by atoms with Crippen LogP contribution in [0.15, 0.2) is 24.3 Å². The molecule has 1 atom stereocenters. The van der Waals surface area contributed by atoms with Gasteiger partial charge in [0.25, 0.3) is 5.91 Å². The van der Waals surface area contributed by atoms with Gasteiger partial charge in [0, 0.05) is 38.3 Å². The maximum absolute atomic E-state index is 12.4. The van der Waals surface area contributed by atoms with Gasteiger partial charge in [-0.05, 0) is 55.8 Å². The van der Waals surface area contributed by atoms with Crippen molar-refractivity contribution in [2.75, 3.05) is 59.1 Å². The van der Waals surface area contributed by atoms with E-state index in [4.69, 9.17) is 9.84 Å². The van der Waals surface area contributed by atoms with Crippen LogP contribution in [0.1, 0.15) is 35.2 Å². The molecule has 2 heterocycles. The highest BCUT2D eigenvalue weighted by Gasteiger charge is 2.26. The molecule has 7 heteroatoms. The van der Waals surface area contributed by atoms with E-state index in [1.165, 1.54) is 5.56 Å². The number of amides is 2. The summed E-state index contributed by atoms with van der Waals surface area (Å²) in [4.78, 5) is 28.7. The van der Waals surface area contributed by atoms with Gasteiger partial charge in [0.2, 0.25) is 5.91 Å². The normalized spacial score (nSPS) is 20.0. The zero-order valence-electron chi connectivity index (χ0n) is 17.1. The van der Waals surface area contributed by atoms with E-state index in [2.05, 4.69) is 10.2 Å². The molecule has 0 aromatic heterocycles. The number of benzene rings is 1. The number of nitrogens with one attached hydrogen (secondary N) is 1. The summed E-state index contributed by atoms with van der Waals surface area (Å²) < 4.78 is 5.31. The highest BCUT2D eigenvalue weighted by Crippen LogP contribution is 2.21. The Labute approximate surface area is 173 Å². The lowest BCUT2D eigenvalue weighted by Crippen LogP contribution is -2.45. The fourth-order valence-electron chi connectivity index (χ4n) is 3.99. The van der Waals surface area contributed by atoms with Gasteiger partial charge in [-0.25, -0.2) is 0 Å². The van der Waals surface area contributed by atoms with Crippen molar-refractivity contribution in [1.82, 2.24) is 15.1 Å². The van der Waals surface area contributed by atoms with Crippen molar-refractivity contribution in [2.24, 2.45) is 5.92 Å². The Bertz CT molecular complexity index is 659. The minimum Gasteiger partial charge on any atom is -0.396 e. The van der Waals surface area contributed by atoms with Crippen molar-refractivity contribution in [3.05, 3.63) is 35.4 Å². The maximum Gasteiger partial charge on any atom is 0.251 e. The lowest BCUT2D eigenvalue weighted by atomic mass is 9.98. The molecule has 1 unspecified atom stereocenters. The minimum atomic E-state index is -0.0665. The van der Waals surface area contributed by atoms with Crippen LogP contribution in [-0.2, 0) is 16.0 Å². The molecule has 1 aromatic carbocycles. The summed E-state index contributed by atoms with van der Waals surface area (Å²) in [6, 6.07) is 7.82. The number of hydrogen-bond acceptors (Lipinski definition) is 5. The average molecular weight is 404 g/mol. The third kappa shape index (κ3) is 6.80. The quantitative estimate of drug-likeness (QED) is 0.599. The summed E-state index contributed by atoms with van der Waals surface area (Å²) in [5, 5.41) is 11.7. The van der Waals surface area contributed by atoms with Crippen molar-refractivity contribution in [3.63, 3.8) is 0 Å². The average Bonchev–Trinajstić information content (AvgIpc) is 3.19. The molecule has 160 valence electrons. The predicted molar refractivity (Wildman–Crippen MR) is 111 cm³/mol. The topological polar surface area (TPSA) is 82.1 Å². The van der Waals surface area contributed by atoms with Gasteiger partial charge < -0.3 is 20.1 Å². The first kappa shape index (κ1) is 21.7. The molecule has 2 aliphatic rings. The summed E-state index contributed by atoms with van der Waals surface area (Å²) >= 11 is 0. The molecule has 2 aliphatic heterocycles. The molecule has 0 aliphatic carbocycles. The molecule has 2 fully saturated rings. The van der Waals surface area contributed by atoms with Crippen molar-refractivity contribution >= 4 is 11.8 Å². The Morgan fingerprint density at radius 3 is 2.59 bits per heavy atom. The van der Waals surface area contributed by atoms with E-state index < -0.39 is 0 Å². The number of hydrogen-bond donors (Lipinski definition) is 2. The van der Waals surface area contributed by atoms with Crippen LogP contribution in [0.2, 0.25) is 0 Å². The summed E-state index contributed by atoms with van der Waals surface area (Å²) in [7, 11) is 0. The van der Waals surface area contributed by atoms with E-state index in [0.717, 1.165) is 32.4 Å². The second kappa shape index (κ2) is 11.3. The summed E-state index contributed by atoms with van der Waals surface area (Å²) in [6.45, 7) is 5.86. The summed E-state index contributed by atoms with van der Waals surface area (Å²) in [5.74, 6) is 0.692. The summed E-state index contributed by atoms with van der Waals surface area (Å²) in [5.41, 5.74) is 1.90. The molecule has 0 bridgehead atoms. The third-order valence-electron chi connectivity index (χ3n) is 5.70. The SMILES string of the molecule is O=C(NCCCCO)c1ccc(CC2CCN(CC(=O)N3CCOCC3)C2)cc1. The van der Waals surface area contributed by atoms with Gasteiger partial charge in [-0.3, -0.25) is 14.5 Å². The monoisotopic (exact) mass is 403 g/mol. The molecular weight excluding hydrogens is 370 g/mol. The third-order valence-corrected chi connectivity index (χ3v) is 5.70. The maximum atomic E-state index is 12.4. The van der Waals surface area contributed by atoms with Crippen molar-refractivity contribution in [3.8, 4) is 0 Å². The molecule has 7 nitrogen and oxygen atoms in total. The van der Waals surface area contributed by atoms with Crippen LogP contribution in [0.25, 0.3) is 0 Å². The predicted octanol–water partition coefficient (Wildman–Crippen LogP) is 0.912. The number of carbonyl (C=O) groups excluding carboxylic acids is 2. The van der Waals surface area contributed by atoms with Gasteiger partial charge in [-0.2, -0.15) is 0 Å². The van der Waals surface area contributed by atoms with Crippen molar-refractivity contribution < 1.29 is 19.4 Å². The van der Waals surface area contributed by atoms with Crippen LogP contribution in [0.5, 0.6) is 0 Å². The molecule has 0 spiro atoms. The number of rotatable bonds is 9. The number of unbranched alkanes of at least 4 members (excludes halogenated alkanes) is 1. The summed E-state index contributed by atoms with van der Waals surface area (Å²) in [6.07, 6.45) is 3.56. The highest BCUT2D eigenvalue weighted by molar-refractivity contribution is 5.94. The van der Waals surface area contributed by atoms with Crippen LogP contribution < -0.4 is 5.32 Å². The first-order valence-corrected chi connectivity index (χ1v) is 10.7. The lowest BCUT2D eigenvalue weighted by Gasteiger charge is -2.28. The van der Waals surface area contributed by atoms with Gasteiger partial charge in [0.1, 0.15) is 0 Å². The number of morpholine rings is 1. The molecule has 3 rings (SSSR count). The van der Waals surface area contributed by atoms with Crippen molar-refractivity contribution in [2.45, 2.75) is 25.7 Å². The highest BCUT2D eigenvalue weighted by atomic mass is 16.5. The Kier molecular flexibility index (Phi) is 8.46. The van der Waals surface area contributed by atoms with Crippen LogP contribution in [0.4, 0.5) is 0 Å². The molecule has 1 aromatic rings. The van der Waals surface area contributed by atoms with Crippen LogP contribution in [0.3, 0.4) is 0 Å². The van der Waals surface area contributed by atoms with Gasteiger partial charge in [-0.15, -0.1) is 0 Å². The molecular formula is C22H33N3O4. The standard InChI is InChI=1S/C22H33N3O4/c26-12-2-1-8-23-22(28)20-5-3-18(4-6-20)15-19-7-9-24(16-19)17-21(27)25-10-13-29-14-11-25/h3-6,19,26H,1-2,7-17H2,(H,23,28). The minimum absolute atomic E-state index is 0.0665. The Morgan fingerprint density at radius 2 is 1.86 bits per heavy atom. The zero-order chi connectivity index (χ0) is 20.5. The van der Waals surface area contributed by atoms with E-state index in [1.807, 2.05) is 29.2 Å². The molecule has 2 saturated heterocycles. The second-order valence-corrected chi connectivity index (χ2v) is 7.97. The Hall–Kier alpha value is -1.96. The van der Waals surface area contributed by atoms with Crippen LogP contribution in [-0.4, -0.2) is 85.8 Å². The van der Waals surface area contributed by atoms with E-state index >= 15 is 0 Å². The van der Waals surface area contributed by atoms with Gasteiger partial charge in [-0.1, -0.05) is 12.1 Å². The first-order valence-electron chi connectivity index (χ1n) is 10.7. The number of nitrogens with zero attached hydrogens (tertiary/aromatic N) is 2. The molecule has 0 saturated carbocycles. The fourth-order valence-corrected chi connectivity index (χ4v) is 3.99. The fraction of sp³-hybridized carbons (Fsp3) is 0.636. The van der Waals surface area contributed by atoms with E-state index in [9.17, 15) is 9.59 Å². The number of ether oxygens (including phenoxy) is 1. The Balaban J connectivity index is 1.40. The molecule has 2 N–H and O–H groups in total. The second-order valence-electron chi connectivity index (χ2n) is 7.97. The number of aliphatic hydroxyl groups excluding tert-OH is 1. The Morgan fingerprint density at radius 1 is 1.10 bits per heavy atom. The van der Waals surface area contributed by atoms with Gasteiger partial charge >= 0.3 is 0 Å². The first-order chi connectivity index (χ1) is 14.2. The van der Waals surface area contributed by atoms with Gasteiger partial charge in [0.05, 0.1) is 19.8 Å². The van der Waals surface area contributed by atoms with Crippen LogP contribution >= 0.6 is 0 Å². The number of likely N-dealkylation sites (tertiary alicyclic amines) is 1. The molecule has 0 radical (unpaired) electrons. The number of carbonyl (C=O) groups is 2. The van der Waals surface area contributed by atoms with Gasteiger partial charge in [0.15, 0.2) is 0 Å². The van der Waals surface area contributed by atoms with E-state index in [0.29, 0.717) is 57.3 Å². The molecule has 2 amide bonds. The van der Waals surface area contributed by atoms with E-state index in [-0.39, 0.29) is 18.4 Å². The van der Waals surface area contributed by atoms with E-state index in [1.54, 1.807) is 0 Å². The number of aliphatic hydroxyl groups is 1. The smallest absolute Gasteiger partial charge is 0.251 e. The lowest BCUT2D eigenvalue weighted by molar-refractivity contribution is -0.136. The van der Waals surface area contributed by atoms with Crippen LogP contribution in [0, 0.1) is 5.92 Å². The van der Waals surface area contributed by atoms with Crippen molar-refractivity contribution in [1.29, 1.82) is 0 Å².